The molecular weight excluding hydrogens is 354 g/mol. The van der Waals surface area contributed by atoms with Crippen molar-refractivity contribution in [3.05, 3.63) is 59.2 Å². The summed E-state index contributed by atoms with van der Waals surface area (Å²) in [6, 6.07) is 13.7. The first-order valence-corrected chi connectivity index (χ1v) is 9.44. The minimum Gasteiger partial charge on any atom is -0.332 e. The molecule has 1 fully saturated rings. The Morgan fingerprint density at radius 1 is 0.929 bits per heavy atom. The van der Waals surface area contributed by atoms with Crippen LogP contribution in [-0.2, 0) is 17.9 Å². The van der Waals surface area contributed by atoms with Crippen molar-refractivity contribution in [2.75, 3.05) is 13.6 Å². The zero-order valence-corrected chi connectivity index (χ0v) is 16.3. The zero-order valence-electron chi connectivity index (χ0n) is 16.3. The molecule has 0 atom stereocenters. The van der Waals surface area contributed by atoms with Gasteiger partial charge in [-0.3, -0.25) is 14.5 Å². The molecule has 0 radical (unpaired) electrons. The van der Waals surface area contributed by atoms with Crippen LogP contribution in [0.5, 0.6) is 0 Å². The Labute approximate surface area is 164 Å². The molecule has 0 bridgehead atoms. The summed E-state index contributed by atoms with van der Waals surface area (Å²) in [5, 5.41) is 0. The van der Waals surface area contributed by atoms with Gasteiger partial charge in [-0.05, 0) is 48.2 Å². The SMILES string of the molecule is CC(C)N1Cc2cc(-c3ccc(CN4C(=O)CN(C)C4=O)cc3)ccc2C1=O. The van der Waals surface area contributed by atoms with Gasteiger partial charge in [-0.25, -0.2) is 4.79 Å². The summed E-state index contributed by atoms with van der Waals surface area (Å²) in [5.41, 5.74) is 4.83. The number of imide groups is 1. The van der Waals surface area contributed by atoms with Gasteiger partial charge in [-0.2, -0.15) is 0 Å². The second-order valence-electron chi connectivity index (χ2n) is 7.71. The van der Waals surface area contributed by atoms with Crippen molar-refractivity contribution < 1.29 is 14.4 Å². The molecule has 6 heteroatoms. The van der Waals surface area contributed by atoms with Gasteiger partial charge in [0.1, 0.15) is 6.54 Å². The molecule has 28 heavy (non-hydrogen) atoms. The van der Waals surface area contributed by atoms with Crippen molar-refractivity contribution in [1.29, 1.82) is 0 Å². The number of rotatable bonds is 4. The van der Waals surface area contributed by atoms with E-state index in [2.05, 4.69) is 6.07 Å². The van der Waals surface area contributed by atoms with E-state index in [-0.39, 0.29) is 37.0 Å². The molecular formula is C22H23N3O3. The lowest BCUT2D eigenvalue weighted by molar-refractivity contribution is -0.125. The second-order valence-corrected chi connectivity index (χ2v) is 7.71. The first-order chi connectivity index (χ1) is 13.3. The van der Waals surface area contributed by atoms with E-state index >= 15 is 0 Å². The molecule has 2 aromatic rings. The van der Waals surface area contributed by atoms with Crippen molar-refractivity contribution in [3.63, 3.8) is 0 Å². The van der Waals surface area contributed by atoms with Gasteiger partial charge in [-0.15, -0.1) is 0 Å². The Morgan fingerprint density at radius 3 is 2.21 bits per heavy atom. The normalized spacial score (nSPS) is 16.6. The van der Waals surface area contributed by atoms with Crippen LogP contribution in [0.1, 0.15) is 35.3 Å². The predicted molar refractivity (Wildman–Crippen MR) is 105 cm³/mol. The quantitative estimate of drug-likeness (QED) is 0.769. The molecule has 0 aliphatic carbocycles. The topological polar surface area (TPSA) is 60.9 Å². The first kappa shape index (κ1) is 18.2. The van der Waals surface area contributed by atoms with Crippen LogP contribution in [0.3, 0.4) is 0 Å². The molecule has 2 aliphatic heterocycles. The number of hydrogen-bond acceptors (Lipinski definition) is 3. The smallest absolute Gasteiger partial charge is 0.327 e. The van der Waals surface area contributed by atoms with Crippen LogP contribution in [0.25, 0.3) is 11.1 Å². The Hall–Kier alpha value is -3.15. The molecule has 0 spiro atoms. The molecule has 1 saturated heterocycles. The molecule has 4 amide bonds. The van der Waals surface area contributed by atoms with Crippen LogP contribution in [0.4, 0.5) is 4.79 Å². The van der Waals surface area contributed by atoms with E-state index in [0.29, 0.717) is 6.54 Å². The summed E-state index contributed by atoms with van der Waals surface area (Å²) in [5.74, 6) is -0.0774. The average Bonchev–Trinajstić information content (AvgIpc) is 3.13. The van der Waals surface area contributed by atoms with Gasteiger partial charge in [0.2, 0.25) is 0 Å². The van der Waals surface area contributed by atoms with E-state index in [0.717, 1.165) is 27.8 Å². The summed E-state index contributed by atoms with van der Waals surface area (Å²) in [6.07, 6.45) is 0. The first-order valence-electron chi connectivity index (χ1n) is 9.44. The number of fused-ring (bicyclic) bond motifs is 1. The fraction of sp³-hybridized carbons (Fsp3) is 0.318. The van der Waals surface area contributed by atoms with Crippen LogP contribution in [0.2, 0.25) is 0 Å². The molecule has 2 heterocycles. The molecule has 0 aromatic heterocycles. The lowest BCUT2D eigenvalue weighted by atomic mass is 9.99. The molecule has 0 saturated carbocycles. The van der Waals surface area contributed by atoms with E-state index in [1.165, 1.54) is 9.80 Å². The summed E-state index contributed by atoms with van der Waals surface area (Å²) in [7, 11) is 1.63. The van der Waals surface area contributed by atoms with Crippen LogP contribution in [0, 0.1) is 0 Å². The highest BCUT2D eigenvalue weighted by molar-refractivity contribution is 6.01. The minimum absolute atomic E-state index is 0.0943. The molecule has 0 N–H and O–H groups in total. The number of amides is 4. The minimum atomic E-state index is -0.257. The standard InChI is InChI=1S/C22H23N3O3/c1-14(2)24-12-18-10-17(8-9-19(18)21(24)27)16-6-4-15(5-7-16)11-25-20(26)13-23(3)22(25)28/h4-10,14H,11-13H2,1-3H3. The summed E-state index contributed by atoms with van der Waals surface area (Å²) in [4.78, 5) is 40.9. The maximum atomic E-state index is 12.4. The van der Waals surface area contributed by atoms with E-state index in [1.807, 2.05) is 55.1 Å². The highest BCUT2D eigenvalue weighted by atomic mass is 16.2. The maximum Gasteiger partial charge on any atom is 0.327 e. The van der Waals surface area contributed by atoms with Crippen molar-refractivity contribution in [3.8, 4) is 11.1 Å². The van der Waals surface area contributed by atoms with Crippen molar-refractivity contribution in [2.24, 2.45) is 0 Å². The van der Waals surface area contributed by atoms with Crippen LogP contribution in [-0.4, -0.2) is 52.2 Å². The van der Waals surface area contributed by atoms with Crippen LogP contribution < -0.4 is 0 Å². The van der Waals surface area contributed by atoms with Crippen molar-refractivity contribution in [2.45, 2.75) is 33.0 Å². The Kier molecular flexibility index (Phi) is 4.41. The lowest BCUT2D eigenvalue weighted by Gasteiger charge is -2.19. The number of likely N-dealkylation sites (N-methyl/N-ethyl adjacent to an activating group) is 1. The molecule has 144 valence electrons. The number of carbonyl (C=O) groups is 3. The molecule has 6 nitrogen and oxygen atoms in total. The summed E-state index contributed by atoms with van der Waals surface area (Å²) in [6.45, 7) is 5.11. The number of carbonyl (C=O) groups excluding carboxylic acids is 3. The third kappa shape index (κ3) is 3.05. The Balaban J connectivity index is 1.53. The molecule has 2 aliphatic rings. The van der Waals surface area contributed by atoms with Gasteiger partial charge in [0, 0.05) is 25.2 Å². The monoisotopic (exact) mass is 377 g/mol. The van der Waals surface area contributed by atoms with Gasteiger partial charge in [0.05, 0.1) is 6.54 Å². The lowest BCUT2D eigenvalue weighted by Crippen LogP contribution is -2.30. The fourth-order valence-electron chi connectivity index (χ4n) is 3.75. The molecule has 0 unspecified atom stereocenters. The third-order valence-corrected chi connectivity index (χ3v) is 5.42. The Morgan fingerprint density at radius 2 is 1.61 bits per heavy atom. The number of benzene rings is 2. The van der Waals surface area contributed by atoms with Gasteiger partial charge < -0.3 is 9.80 Å². The molecule has 4 rings (SSSR count). The van der Waals surface area contributed by atoms with Gasteiger partial charge in [0.15, 0.2) is 0 Å². The van der Waals surface area contributed by atoms with E-state index < -0.39 is 0 Å². The van der Waals surface area contributed by atoms with E-state index in [9.17, 15) is 14.4 Å². The third-order valence-electron chi connectivity index (χ3n) is 5.42. The summed E-state index contributed by atoms with van der Waals surface area (Å²) >= 11 is 0. The van der Waals surface area contributed by atoms with Gasteiger partial charge in [-0.1, -0.05) is 30.3 Å². The van der Waals surface area contributed by atoms with E-state index in [1.54, 1.807) is 7.05 Å². The number of urea groups is 1. The van der Waals surface area contributed by atoms with Crippen molar-refractivity contribution in [1.82, 2.24) is 14.7 Å². The largest absolute Gasteiger partial charge is 0.332 e. The Bertz CT molecular complexity index is 965. The number of hydrogen-bond donors (Lipinski definition) is 0. The average molecular weight is 377 g/mol. The highest BCUT2D eigenvalue weighted by Crippen LogP contribution is 2.30. The van der Waals surface area contributed by atoms with Gasteiger partial charge in [0.25, 0.3) is 11.8 Å². The predicted octanol–water partition coefficient (Wildman–Crippen LogP) is 3.11. The van der Waals surface area contributed by atoms with E-state index in [4.69, 9.17) is 0 Å². The fourth-order valence-corrected chi connectivity index (χ4v) is 3.75. The molecule has 2 aromatic carbocycles. The van der Waals surface area contributed by atoms with Crippen molar-refractivity contribution >= 4 is 17.8 Å². The second kappa shape index (κ2) is 6.78. The highest BCUT2D eigenvalue weighted by Gasteiger charge is 2.33. The summed E-state index contributed by atoms with van der Waals surface area (Å²) < 4.78 is 0. The maximum absolute atomic E-state index is 12.4. The zero-order chi connectivity index (χ0) is 20.0. The van der Waals surface area contributed by atoms with Crippen LogP contribution >= 0.6 is 0 Å². The number of nitrogens with zero attached hydrogens (tertiary/aromatic N) is 3. The van der Waals surface area contributed by atoms with Crippen LogP contribution in [0.15, 0.2) is 42.5 Å². The van der Waals surface area contributed by atoms with Gasteiger partial charge >= 0.3 is 6.03 Å².